The topological polar surface area (TPSA) is 57.4 Å². The summed E-state index contributed by atoms with van der Waals surface area (Å²) in [6, 6.07) is 8.80. The highest BCUT2D eigenvalue weighted by Gasteiger charge is 2.41. The normalized spacial score (nSPS) is 21.2. The first-order valence-corrected chi connectivity index (χ1v) is 12.2. The summed E-state index contributed by atoms with van der Waals surface area (Å²) < 4.78 is 58.0. The zero-order valence-corrected chi connectivity index (χ0v) is 20.0. The van der Waals surface area contributed by atoms with E-state index in [9.17, 15) is 17.6 Å². The SMILES string of the molecule is C[C@@H]1Cc2cc(-c3cnoc3)ccc2[C@@H](c2ccc(NC3CN(CCCF)C3)cn2)N1CC(F)(F)F. The molecular formula is C26H29F4N5O. The smallest absolute Gasteiger partial charge is 0.378 e. The first kappa shape index (κ1) is 24.7. The van der Waals surface area contributed by atoms with Gasteiger partial charge in [0.15, 0.2) is 0 Å². The van der Waals surface area contributed by atoms with E-state index in [2.05, 4.69) is 20.4 Å². The molecule has 2 aliphatic heterocycles. The van der Waals surface area contributed by atoms with Gasteiger partial charge in [-0.2, -0.15) is 13.2 Å². The van der Waals surface area contributed by atoms with E-state index in [0.717, 1.165) is 47.6 Å². The molecule has 1 fully saturated rings. The Labute approximate surface area is 207 Å². The van der Waals surface area contributed by atoms with Crippen molar-refractivity contribution in [3.63, 3.8) is 0 Å². The van der Waals surface area contributed by atoms with Crippen LogP contribution in [0.1, 0.15) is 36.2 Å². The Kier molecular flexibility index (Phi) is 6.98. The molecule has 0 saturated carbocycles. The van der Waals surface area contributed by atoms with Crippen LogP contribution in [-0.4, -0.2) is 71.1 Å². The standard InChI is InChI=1S/C26H29F4N5O/c1-17-9-19-10-18(20-11-32-36-15-20)3-5-23(19)25(35(17)16-26(28,29)30)24-6-4-21(12-31-24)33-22-13-34(14-22)8-2-7-27/h3-6,10-12,15,17,22,25,33H,2,7-9,13-14,16H2,1H3/t17-,25+/m1/s1. The van der Waals surface area contributed by atoms with Crippen LogP contribution in [0.5, 0.6) is 0 Å². The average Bonchev–Trinajstić information content (AvgIpc) is 3.35. The van der Waals surface area contributed by atoms with Crippen LogP contribution in [0.4, 0.5) is 23.2 Å². The van der Waals surface area contributed by atoms with Crippen molar-refractivity contribution in [3.8, 4) is 11.1 Å². The van der Waals surface area contributed by atoms with Gasteiger partial charge in [0.2, 0.25) is 0 Å². The zero-order chi connectivity index (χ0) is 25.3. The van der Waals surface area contributed by atoms with Gasteiger partial charge >= 0.3 is 6.18 Å². The molecule has 192 valence electrons. The minimum absolute atomic E-state index is 0.255. The first-order chi connectivity index (χ1) is 17.3. The summed E-state index contributed by atoms with van der Waals surface area (Å²) in [5, 5.41) is 7.16. The monoisotopic (exact) mass is 503 g/mol. The number of anilines is 1. The summed E-state index contributed by atoms with van der Waals surface area (Å²) in [7, 11) is 0. The Morgan fingerprint density at radius 1 is 1.11 bits per heavy atom. The summed E-state index contributed by atoms with van der Waals surface area (Å²) in [6.45, 7) is 2.93. The van der Waals surface area contributed by atoms with E-state index in [1.807, 2.05) is 37.3 Å². The molecule has 0 radical (unpaired) electrons. The van der Waals surface area contributed by atoms with Gasteiger partial charge in [-0.1, -0.05) is 23.4 Å². The molecule has 1 saturated heterocycles. The highest BCUT2D eigenvalue weighted by atomic mass is 19.4. The van der Waals surface area contributed by atoms with Crippen molar-refractivity contribution in [2.24, 2.45) is 0 Å². The third-order valence-electron chi connectivity index (χ3n) is 6.98. The molecule has 4 heterocycles. The Bertz CT molecular complexity index is 1150. The molecule has 3 aromatic rings. The van der Waals surface area contributed by atoms with Crippen molar-refractivity contribution >= 4 is 5.69 Å². The molecule has 0 unspecified atom stereocenters. The second kappa shape index (κ2) is 10.2. The van der Waals surface area contributed by atoms with Crippen molar-refractivity contribution in [2.45, 2.75) is 44.1 Å². The van der Waals surface area contributed by atoms with Crippen LogP contribution in [-0.2, 0) is 6.42 Å². The first-order valence-electron chi connectivity index (χ1n) is 12.2. The fourth-order valence-corrected chi connectivity index (χ4v) is 5.24. The van der Waals surface area contributed by atoms with Crippen molar-refractivity contribution in [1.29, 1.82) is 0 Å². The lowest BCUT2D eigenvalue weighted by atomic mass is 9.85. The van der Waals surface area contributed by atoms with Gasteiger partial charge in [0.25, 0.3) is 0 Å². The van der Waals surface area contributed by atoms with Crippen molar-refractivity contribution in [2.75, 3.05) is 38.2 Å². The number of likely N-dealkylation sites (tertiary alicyclic amines) is 1. The molecule has 6 nitrogen and oxygen atoms in total. The highest BCUT2D eigenvalue weighted by molar-refractivity contribution is 5.64. The van der Waals surface area contributed by atoms with Gasteiger partial charge in [0.1, 0.15) is 6.26 Å². The lowest BCUT2D eigenvalue weighted by molar-refractivity contribution is -0.155. The molecule has 10 heteroatoms. The van der Waals surface area contributed by atoms with Crippen LogP contribution in [0, 0.1) is 0 Å². The highest BCUT2D eigenvalue weighted by Crippen LogP contribution is 2.40. The van der Waals surface area contributed by atoms with E-state index in [1.54, 1.807) is 18.7 Å². The number of alkyl halides is 4. The molecule has 1 N–H and O–H groups in total. The fraction of sp³-hybridized carbons (Fsp3) is 0.462. The number of hydrogen-bond donors (Lipinski definition) is 1. The molecule has 0 aliphatic carbocycles. The summed E-state index contributed by atoms with van der Waals surface area (Å²) in [4.78, 5) is 8.28. The molecule has 2 aromatic heterocycles. The van der Waals surface area contributed by atoms with Gasteiger partial charge in [0.05, 0.1) is 49.1 Å². The van der Waals surface area contributed by atoms with E-state index < -0.39 is 18.8 Å². The number of aromatic nitrogens is 2. The Balaban J connectivity index is 1.39. The fourth-order valence-electron chi connectivity index (χ4n) is 5.24. The average molecular weight is 504 g/mol. The zero-order valence-electron chi connectivity index (χ0n) is 20.0. The van der Waals surface area contributed by atoms with E-state index in [4.69, 9.17) is 4.52 Å². The third-order valence-corrected chi connectivity index (χ3v) is 6.98. The summed E-state index contributed by atoms with van der Waals surface area (Å²) in [5.41, 5.74) is 4.97. The molecule has 5 rings (SSSR count). The summed E-state index contributed by atoms with van der Waals surface area (Å²) >= 11 is 0. The lowest BCUT2D eigenvalue weighted by Crippen LogP contribution is -2.54. The molecule has 2 atom stereocenters. The summed E-state index contributed by atoms with van der Waals surface area (Å²) in [6.07, 6.45) is 1.58. The van der Waals surface area contributed by atoms with Crippen LogP contribution in [0.15, 0.2) is 53.5 Å². The number of nitrogens with one attached hydrogen (secondary N) is 1. The minimum atomic E-state index is -4.33. The number of halogens is 4. The maximum Gasteiger partial charge on any atom is 0.401 e. The lowest BCUT2D eigenvalue weighted by Gasteiger charge is -2.42. The minimum Gasteiger partial charge on any atom is -0.378 e. The van der Waals surface area contributed by atoms with Crippen molar-refractivity contribution in [3.05, 3.63) is 65.8 Å². The number of pyridine rings is 1. The quantitative estimate of drug-likeness (QED) is 0.432. The molecular weight excluding hydrogens is 474 g/mol. The van der Waals surface area contributed by atoms with Crippen LogP contribution >= 0.6 is 0 Å². The summed E-state index contributed by atoms with van der Waals surface area (Å²) in [5.74, 6) is 0. The van der Waals surface area contributed by atoms with Gasteiger partial charge in [-0.15, -0.1) is 0 Å². The van der Waals surface area contributed by atoms with Gasteiger partial charge in [-0.3, -0.25) is 19.2 Å². The third kappa shape index (κ3) is 5.39. The Morgan fingerprint density at radius 3 is 2.61 bits per heavy atom. The largest absolute Gasteiger partial charge is 0.401 e. The second-order valence-corrected chi connectivity index (χ2v) is 9.69. The Morgan fingerprint density at radius 2 is 1.94 bits per heavy atom. The predicted molar refractivity (Wildman–Crippen MR) is 128 cm³/mol. The van der Waals surface area contributed by atoms with Gasteiger partial charge in [0, 0.05) is 31.2 Å². The maximum atomic E-state index is 13.6. The predicted octanol–water partition coefficient (Wildman–Crippen LogP) is 5.09. The molecule has 2 aliphatic rings. The van der Waals surface area contributed by atoms with Crippen LogP contribution in [0.25, 0.3) is 11.1 Å². The van der Waals surface area contributed by atoms with Gasteiger partial charge in [-0.05, 0) is 48.6 Å². The van der Waals surface area contributed by atoms with E-state index >= 15 is 0 Å². The number of nitrogens with zero attached hydrogens (tertiary/aromatic N) is 4. The van der Waals surface area contributed by atoms with Crippen LogP contribution < -0.4 is 5.32 Å². The van der Waals surface area contributed by atoms with E-state index in [0.29, 0.717) is 18.5 Å². The molecule has 36 heavy (non-hydrogen) atoms. The van der Waals surface area contributed by atoms with E-state index in [1.165, 1.54) is 4.90 Å². The number of fused-ring (bicyclic) bond motifs is 1. The van der Waals surface area contributed by atoms with Crippen LogP contribution in [0.3, 0.4) is 0 Å². The maximum absolute atomic E-state index is 13.6. The molecule has 0 amide bonds. The van der Waals surface area contributed by atoms with Crippen LogP contribution in [0.2, 0.25) is 0 Å². The van der Waals surface area contributed by atoms with Gasteiger partial charge in [-0.25, -0.2) is 0 Å². The van der Waals surface area contributed by atoms with E-state index in [-0.39, 0.29) is 18.8 Å². The number of hydrogen-bond acceptors (Lipinski definition) is 6. The Hall–Kier alpha value is -2.98. The van der Waals surface area contributed by atoms with Gasteiger partial charge < -0.3 is 9.84 Å². The number of benzene rings is 1. The molecule has 0 bridgehead atoms. The molecule has 1 aromatic carbocycles. The second-order valence-electron chi connectivity index (χ2n) is 9.69. The van der Waals surface area contributed by atoms with Crippen molar-refractivity contribution in [1.82, 2.24) is 19.9 Å². The van der Waals surface area contributed by atoms with Crippen molar-refractivity contribution < 1.29 is 22.1 Å². The molecule has 0 spiro atoms. The number of rotatable bonds is 8.